The first kappa shape index (κ1) is 10.2. The third-order valence-corrected chi connectivity index (χ3v) is 2.94. The van der Waals surface area contributed by atoms with Crippen LogP contribution in [0, 0.1) is 5.92 Å². The summed E-state index contributed by atoms with van der Waals surface area (Å²) in [5.41, 5.74) is 0.376. The summed E-state index contributed by atoms with van der Waals surface area (Å²) in [6.45, 7) is 5.12. The number of hydrogen-bond acceptors (Lipinski definition) is 4. The van der Waals surface area contributed by atoms with E-state index in [9.17, 15) is 9.59 Å². The third kappa shape index (κ3) is 1.89. The van der Waals surface area contributed by atoms with Crippen molar-refractivity contribution in [3.63, 3.8) is 0 Å². The SMILES string of the molecule is C=C(C)C(=O)OC1CC[C@H]2CC1OC2=O. The average Bonchev–Trinajstić information content (AvgIpc) is 2.48. The summed E-state index contributed by atoms with van der Waals surface area (Å²) in [7, 11) is 0. The molecule has 15 heavy (non-hydrogen) atoms. The first-order chi connectivity index (χ1) is 7.08. The fraction of sp³-hybridized carbons (Fsp3) is 0.636. The lowest BCUT2D eigenvalue weighted by Crippen LogP contribution is -2.33. The van der Waals surface area contributed by atoms with E-state index in [1.165, 1.54) is 0 Å². The number of rotatable bonds is 2. The van der Waals surface area contributed by atoms with Crippen molar-refractivity contribution in [1.82, 2.24) is 0 Å². The summed E-state index contributed by atoms with van der Waals surface area (Å²) < 4.78 is 10.3. The van der Waals surface area contributed by atoms with Gasteiger partial charge in [-0.1, -0.05) is 6.58 Å². The van der Waals surface area contributed by atoms with E-state index in [1.807, 2.05) is 0 Å². The highest BCUT2D eigenvalue weighted by Gasteiger charge is 2.44. The number of ether oxygens (including phenoxy) is 2. The maximum atomic E-state index is 11.3. The lowest BCUT2D eigenvalue weighted by molar-refractivity contribution is -0.157. The van der Waals surface area contributed by atoms with Crippen LogP contribution in [0.3, 0.4) is 0 Å². The Labute approximate surface area is 88.2 Å². The minimum atomic E-state index is -0.401. The van der Waals surface area contributed by atoms with E-state index in [0.717, 1.165) is 6.42 Å². The van der Waals surface area contributed by atoms with Crippen molar-refractivity contribution >= 4 is 11.9 Å². The highest BCUT2D eigenvalue weighted by atomic mass is 16.6. The van der Waals surface area contributed by atoms with Crippen LogP contribution >= 0.6 is 0 Å². The van der Waals surface area contributed by atoms with Crippen LogP contribution in [0.5, 0.6) is 0 Å². The van der Waals surface area contributed by atoms with E-state index in [4.69, 9.17) is 9.47 Å². The molecule has 0 amide bonds. The largest absolute Gasteiger partial charge is 0.458 e. The molecule has 2 rings (SSSR count). The van der Waals surface area contributed by atoms with E-state index >= 15 is 0 Å². The lowest BCUT2D eigenvalue weighted by Gasteiger charge is -2.25. The second kappa shape index (κ2) is 3.68. The zero-order valence-electron chi connectivity index (χ0n) is 8.69. The van der Waals surface area contributed by atoms with Gasteiger partial charge in [-0.15, -0.1) is 0 Å². The Bertz CT molecular complexity index is 321. The molecule has 0 aromatic heterocycles. The van der Waals surface area contributed by atoms with Crippen molar-refractivity contribution in [2.24, 2.45) is 5.92 Å². The van der Waals surface area contributed by atoms with Gasteiger partial charge in [-0.2, -0.15) is 0 Å². The molecular weight excluding hydrogens is 196 g/mol. The van der Waals surface area contributed by atoms with Crippen LogP contribution < -0.4 is 0 Å². The summed E-state index contributed by atoms with van der Waals surface area (Å²) >= 11 is 0. The highest BCUT2D eigenvalue weighted by Crippen LogP contribution is 2.35. The predicted molar refractivity (Wildman–Crippen MR) is 51.9 cm³/mol. The Balaban J connectivity index is 1.97. The Morgan fingerprint density at radius 2 is 2.27 bits per heavy atom. The van der Waals surface area contributed by atoms with Gasteiger partial charge in [-0.25, -0.2) is 4.79 Å². The second-order valence-corrected chi connectivity index (χ2v) is 4.21. The number of hydrogen-bond donors (Lipinski definition) is 0. The first-order valence-electron chi connectivity index (χ1n) is 5.15. The fourth-order valence-corrected chi connectivity index (χ4v) is 2.06. The van der Waals surface area contributed by atoms with Gasteiger partial charge in [0.15, 0.2) is 0 Å². The van der Waals surface area contributed by atoms with Crippen LogP contribution in [0.1, 0.15) is 26.2 Å². The minimum Gasteiger partial charge on any atom is -0.458 e. The molecule has 1 aliphatic heterocycles. The lowest BCUT2D eigenvalue weighted by atomic mass is 9.88. The van der Waals surface area contributed by atoms with Crippen LogP contribution in [0.4, 0.5) is 0 Å². The molecule has 2 unspecified atom stereocenters. The minimum absolute atomic E-state index is 0.0229. The van der Waals surface area contributed by atoms with E-state index in [1.54, 1.807) is 6.92 Å². The van der Waals surface area contributed by atoms with E-state index in [-0.39, 0.29) is 24.1 Å². The fourth-order valence-electron chi connectivity index (χ4n) is 2.06. The number of carbonyl (C=O) groups excluding carboxylic acids is 2. The topological polar surface area (TPSA) is 52.6 Å². The van der Waals surface area contributed by atoms with Crippen LogP contribution in [0.15, 0.2) is 12.2 Å². The first-order valence-corrected chi connectivity index (χ1v) is 5.15. The molecule has 0 aromatic rings. The molecule has 0 spiro atoms. The van der Waals surface area contributed by atoms with E-state index in [0.29, 0.717) is 18.4 Å². The van der Waals surface area contributed by atoms with Crippen molar-refractivity contribution in [3.05, 3.63) is 12.2 Å². The maximum absolute atomic E-state index is 11.3. The van der Waals surface area contributed by atoms with Gasteiger partial charge in [0.1, 0.15) is 12.2 Å². The Morgan fingerprint density at radius 1 is 1.53 bits per heavy atom. The van der Waals surface area contributed by atoms with Crippen molar-refractivity contribution in [3.8, 4) is 0 Å². The smallest absolute Gasteiger partial charge is 0.333 e. The molecule has 2 fully saturated rings. The van der Waals surface area contributed by atoms with Gasteiger partial charge in [0.05, 0.1) is 5.92 Å². The Kier molecular flexibility index (Phi) is 2.50. The van der Waals surface area contributed by atoms with Crippen molar-refractivity contribution in [2.45, 2.75) is 38.4 Å². The monoisotopic (exact) mass is 210 g/mol. The van der Waals surface area contributed by atoms with Crippen LogP contribution in [0.25, 0.3) is 0 Å². The molecule has 82 valence electrons. The van der Waals surface area contributed by atoms with Crippen molar-refractivity contribution in [2.75, 3.05) is 0 Å². The summed E-state index contributed by atoms with van der Waals surface area (Å²) in [5, 5.41) is 0. The zero-order valence-corrected chi connectivity index (χ0v) is 8.69. The summed E-state index contributed by atoms with van der Waals surface area (Å²) in [5.74, 6) is -0.523. The maximum Gasteiger partial charge on any atom is 0.333 e. The van der Waals surface area contributed by atoms with Crippen LogP contribution in [0.2, 0.25) is 0 Å². The molecule has 4 nitrogen and oxygen atoms in total. The normalized spacial score (nSPS) is 33.4. The molecule has 4 heteroatoms. The molecule has 0 radical (unpaired) electrons. The Hall–Kier alpha value is -1.32. The van der Waals surface area contributed by atoms with Gasteiger partial charge in [-0.05, 0) is 19.8 Å². The molecule has 1 aliphatic carbocycles. The number of esters is 2. The average molecular weight is 210 g/mol. The number of carbonyl (C=O) groups is 2. The van der Waals surface area contributed by atoms with Gasteiger partial charge >= 0.3 is 11.9 Å². The Morgan fingerprint density at radius 3 is 2.93 bits per heavy atom. The predicted octanol–water partition coefficient (Wildman–Crippen LogP) is 1.20. The molecule has 3 atom stereocenters. The molecule has 1 saturated carbocycles. The van der Waals surface area contributed by atoms with Gasteiger partial charge < -0.3 is 9.47 Å². The van der Waals surface area contributed by atoms with Gasteiger partial charge in [0.25, 0.3) is 0 Å². The van der Waals surface area contributed by atoms with Crippen LogP contribution in [-0.4, -0.2) is 24.1 Å². The van der Waals surface area contributed by atoms with Gasteiger partial charge in [-0.3, -0.25) is 4.79 Å². The highest BCUT2D eigenvalue weighted by molar-refractivity contribution is 5.87. The van der Waals surface area contributed by atoms with Gasteiger partial charge in [0.2, 0.25) is 0 Å². The second-order valence-electron chi connectivity index (χ2n) is 4.21. The number of fused-ring (bicyclic) bond motifs is 2. The third-order valence-electron chi connectivity index (χ3n) is 2.94. The molecule has 0 N–H and O–H groups in total. The summed E-state index contributed by atoms with van der Waals surface area (Å²) in [4.78, 5) is 22.5. The molecule has 1 heterocycles. The molecule has 0 aromatic carbocycles. The molecular formula is C11H14O4. The standard InChI is InChI=1S/C11H14O4/c1-6(2)10(12)14-8-4-3-7-5-9(8)15-11(7)13/h7-9H,1,3-5H2,2H3/t7-,8?,9?/m0/s1. The van der Waals surface area contributed by atoms with Crippen molar-refractivity contribution in [1.29, 1.82) is 0 Å². The quantitative estimate of drug-likeness (QED) is 0.507. The van der Waals surface area contributed by atoms with Crippen LogP contribution in [-0.2, 0) is 19.1 Å². The van der Waals surface area contributed by atoms with E-state index in [2.05, 4.69) is 6.58 Å². The molecule has 2 bridgehead atoms. The summed E-state index contributed by atoms with van der Waals surface area (Å²) in [6, 6.07) is 0. The zero-order chi connectivity index (χ0) is 11.0. The van der Waals surface area contributed by atoms with Crippen molar-refractivity contribution < 1.29 is 19.1 Å². The molecule has 1 saturated heterocycles. The van der Waals surface area contributed by atoms with Gasteiger partial charge in [0, 0.05) is 12.0 Å². The summed E-state index contributed by atoms with van der Waals surface area (Å²) in [6.07, 6.45) is 1.63. The van der Waals surface area contributed by atoms with E-state index < -0.39 is 5.97 Å². The molecule has 2 aliphatic rings.